The van der Waals surface area contributed by atoms with Crippen molar-refractivity contribution in [3.8, 4) is 0 Å². The van der Waals surface area contributed by atoms with E-state index < -0.39 is 0 Å². The van der Waals surface area contributed by atoms with E-state index >= 15 is 0 Å². The Bertz CT molecular complexity index is 203. The molecule has 2 unspecified atom stereocenters. The van der Waals surface area contributed by atoms with Crippen LogP contribution in [0.1, 0.15) is 52.4 Å². The summed E-state index contributed by atoms with van der Waals surface area (Å²) in [6.45, 7) is 4.71. The van der Waals surface area contributed by atoms with Crippen molar-refractivity contribution in [1.82, 2.24) is 0 Å². The average Bonchev–Trinajstić information content (AvgIpc) is 1.99. The molecule has 2 saturated carbocycles. The minimum absolute atomic E-state index is 0.343. The summed E-state index contributed by atoms with van der Waals surface area (Å²) in [6.07, 6.45) is 8.77. The molecule has 1 heteroatoms. The maximum absolute atomic E-state index is 10.7. The molecule has 0 spiro atoms. The van der Waals surface area contributed by atoms with Gasteiger partial charge in [-0.3, -0.25) is 0 Å². The molecule has 0 N–H and O–H groups in total. The monoisotopic (exact) mass is 194 g/mol. The van der Waals surface area contributed by atoms with Crippen LogP contribution in [0.2, 0.25) is 0 Å². The van der Waals surface area contributed by atoms with Gasteiger partial charge in [0.1, 0.15) is 6.29 Å². The van der Waals surface area contributed by atoms with Crippen LogP contribution in [-0.2, 0) is 4.79 Å². The molecule has 2 rings (SSSR count). The lowest BCUT2D eigenvalue weighted by atomic mass is 9.59. The van der Waals surface area contributed by atoms with E-state index in [-0.39, 0.29) is 0 Å². The first kappa shape index (κ1) is 10.2. The Morgan fingerprint density at radius 1 is 1.21 bits per heavy atom. The third-order valence-corrected chi connectivity index (χ3v) is 4.28. The number of fused-ring (bicyclic) bond motifs is 2. The topological polar surface area (TPSA) is 17.1 Å². The first-order valence-corrected chi connectivity index (χ1v) is 6.05. The summed E-state index contributed by atoms with van der Waals surface area (Å²) in [5.74, 6) is 2.77. The molecule has 0 heterocycles. The van der Waals surface area contributed by atoms with Crippen LogP contribution in [0.15, 0.2) is 0 Å². The van der Waals surface area contributed by atoms with Crippen LogP contribution in [0.4, 0.5) is 0 Å². The molecular weight excluding hydrogens is 172 g/mol. The second-order valence-electron chi connectivity index (χ2n) is 6.13. The van der Waals surface area contributed by atoms with Crippen molar-refractivity contribution in [3.63, 3.8) is 0 Å². The fourth-order valence-corrected chi connectivity index (χ4v) is 4.08. The van der Waals surface area contributed by atoms with Gasteiger partial charge in [-0.25, -0.2) is 0 Å². The van der Waals surface area contributed by atoms with Crippen LogP contribution in [-0.4, -0.2) is 6.29 Å². The van der Waals surface area contributed by atoms with Gasteiger partial charge in [0.2, 0.25) is 0 Å². The molecule has 0 aromatic heterocycles. The number of carbonyl (C=O) groups is 1. The summed E-state index contributed by atoms with van der Waals surface area (Å²) < 4.78 is 0. The molecule has 0 saturated heterocycles. The SMILES string of the molecule is CC1CC2CC(C1)CC(C)(CC=O)C2. The van der Waals surface area contributed by atoms with Crippen molar-refractivity contribution < 1.29 is 4.79 Å². The molecule has 2 bridgehead atoms. The molecule has 0 aromatic rings. The zero-order chi connectivity index (χ0) is 10.2. The van der Waals surface area contributed by atoms with Crippen molar-refractivity contribution in [1.29, 1.82) is 0 Å². The van der Waals surface area contributed by atoms with Crippen molar-refractivity contribution in [3.05, 3.63) is 0 Å². The van der Waals surface area contributed by atoms with Crippen molar-refractivity contribution in [2.75, 3.05) is 0 Å². The molecule has 14 heavy (non-hydrogen) atoms. The first-order chi connectivity index (χ1) is 6.61. The van der Waals surface area contributed by atoms with Crippen LogP contribution in [0.3, 0.4) is 0 Å². The highest BCUT2D eigenvalue weighted by atomic mass is 16.1. The average molecular weight is 194 g/mol. The molecule has 2 aliphatic carbocycles. The Kier molecular flexibility index (Phi) is 2.68. The van der Waals surface area contributed by atoms with Crippen LogP contribution < -0.4 is 0 Å². The van der Waals surface area contributed by atoms with Gasteiger partial charge in [0.15, 0.2) is 0 Å². The molecule has 80 valence electrons. The van der Waals surface area contributed by atoms with E-state index in [0.29, 0.717) is 5.41 Å². The Morgan fingerprint density at radius 2 is 1.79 bits per heavy atom. The van der Waals surface area contributed by atoms with E-state index in [0.717, 1.165) is 30.5 Å². The van der Waals surface area contributed by atoms with Crippen LogP contribution in [0.25, 0.3) is 0 Å². The second-order valence-corrected chi connectivity index (χ2v) is 6.13. The summed E-state index contributed by atoms with van der Waals surface area (Å²) in [5, 5.41) is 0. The van der Waals surface area contributed by atoms with Crippen LogP contribution >= 0.6 is 0 Å². The number of hydrogen-bond acceptors (Lipinski definition) is 1. The quantitative estimate of drug-likeness (QED) is 0.615. The predicted octanol–water partition coefficient (Wildman–Crippen LogP) is 3.43. The largest absolute Gasteiger partial charge is 0.303 e. The van der Waals surface area contributed by atoms with Gasteiger partial charge in [0.25, 0.3) is 0 Å². The Morgan fingerprint density at radius 3 is 2.29 bits per heavy atom. The highest BCUT2D eigenvalue weighted by molar-refractivity contribution is 5.50. The standard InChI is InChI=1S/C13H22O/c1-10-5-11-7-12(6-10)9-13(2,8-11)3-4-14/h4,10-12H,3,5-9H2,1-2H3. The van der Waals surface area contributed by atoms with E-state index in [1.165, 1.54) is 32.1 Å². The zero-order valence-corrected chi connectivity index (χ0v) is 9.46. The van der Waals surface area contributed by atoms with Crippen molar-refractivity contribution in [2.24, 2.45) is 23.2 Å². The lowest BCUT2D eigenvalue weighted by Gasteiger charge is -2.46. The Balaban J connectivity index is 2.04. The molecular formula is C13H22O. The van der Waals surface area contributed by atoms with Gasteiger partial charge in [-0.15, -0.1) is 0 Å². The number of rotatable bonds is 2. The number of hydrogen-bond donors (Lipinski definition) is 0. The third-order valence-electron chi connectivity index (χ3n) is 4.28. The summed E-state index contributed by atoms with van der Waals surface area (Å²) in [6, 6.07) is 0. The van der Waals surface area contributed by atoms with E-state index in [4.69, 9.17) is 0 Å². The van der Waals surface area contributed by atoms with Gasteiger partial charge in [-0.2, -0.15) is 0 Å². The molecule has 0 aliphatic heterocycles. The molecule has 1 nitrogen and oxygen atoms in total. The second kappa shape index (κ2) is 3.67. The zero-order valence-electron chi connectivity index (χ0n) is 9.46. The van der Waals surface area contributed by atoms with Crippen molar-refractivity contribution >= 4 is 6.29 Å². The molecule has 0 aromatic carbocycles. The van der Waals surface area contributed by atoms with E-state index in [1.807, 2.05) is 0 Å². The van der Waals surface area contributed by atoms with Gasteiger partial charge in [-0.05, 0) is 55.3 Å². The van der Waals surface area contributed by atoms with Gasteiger partial charge in [0.05, 0.1) is 0 Å². The normalized spacial score (nSPS) is 47.4. The minimum atomic E-state index is 0.343. The highest BCUT2D eigenvalue weighted by Crippen LogP contribution is 2.51. The predicted molar refractivity (Wildman–Crippen MR) is 58.0 cm³/mol. The molecule has 2 aliphatic rings. The van der Waals surface area contributed by atoms with Crippen LogP contribution in [0, 0.1) is 23.2 Å². The maximum atomic E-state index is 10.7. The summed E-state index contributed by atoms with van der Waals surface area (Å²) >= 11 is 0. The minimum Gasteiger partial charge on any atom is -0.303 e. The maximum Gasteiger partial charge on any atom is 0.120 e. The number of carbonyl (C=O) groups excluding carboxylic acids is 1. The van der Waals surface area contributed by atoms with Gasteiger partial charge in [-0.1, -0.05) is 13.8 Å². The van der Waals surface area contributed by atoms with Gasteiger partial charge >= 0.3 is 0 Å². The fourth-order valence-electron chi connectivity index (χ4n) is 4.08. The Labute approximate surface area is 87.3 Å². The lowest BCUT2D eigenvalue weighted by molar-refractivity contribution is -0.111. The van der Waals surface area contributed by atoms with Gasteiger partial charge < -0.3 is 4.79 Å². The number of aldehydes is 1. The fraction of sp³-hybridized carbons (Fsp3) is 0.923. The van der Waals surface area contributed by atoms with E-state index in [1.54, 1.807) is 0 Å². The van der Waals surface area contributed by atoms with E-state index in [9.17, 15) is 4.79 Å². The molecule has 0 radical (unpaired) electrons. The van der Waals surface area contributed by atoms with Crippen molar-refractivity contribution in [2.45, 2.75) is 52.4 Å². The first-order valence-electron chi connectivity index (χ1n) is 6.05. The molecule has 2 fully saturated rings. The molecule has 0 amide bonds. The summed E-state index contributed by atoms with van der Waals surface area (Å²) in [4.78, 5) is 10.7. The summed E-state index contributed by atoms with van der Waals surface area (Å²) in [7, 11) is 0. The molecule has 2 atom stereocenters. The van der Waals surface area contributed by atoms with E-state index in [2.05, 4.69) is 13.8 Å². The lowest BCUT2D eigenvalue weighted by Crippen LogP contribution is -2.36. The smallest absolute Gasteiger partial charge is 0.120 e. The summed E-state index contributed by atoms with van der Waals surface area (Å²) in [5.41, 5.74) is 0.343. The van der Waals surface area contributed by atoms with Crippen LogP contribution in [0.5, 0.6) is 0 Å². The third kappa shape index (κ3) is 2.02. The Hall–Kier alpha value is -0.330. The highest BCUT2D eigenvalue weighted by Gasteiger charge is 2.40. The van der Waals surface area contributed by atoms with Gasteiger partial charge in [0, 0.05) is 6.42 Å².